The number of hydrogen-bond donors (Lipinski definition) is 0. The molecule has 0 spiro atoms. The van der Waals surface area contributed by atoms with Crippen LogP contribution in [0.15, 0.2) is 97.6 Å². The van der Waals surface area contributed by atoms with E-state index in [2.05, 4.69) is 55.1 Å². The number of carbonyl (C=O) groups excluding carboxylic acids is 1. The molecule has 0 aromatic heterocycles. The zero-order valence-corrected chi connectivity index (χ0v) is 20.7. The lowest BCUT2D eigenvalue weighted by Gasteiger charge is -2.15. The molecule has 0 aliphatic heterocycles. The van der Waals surface area contributed by atoms with Crippen LogP contribution in [-0.2, 0) is 22.6 Å². The molecule has 0 saturated heterocycles. The maximum Gasteiger partial charge on any atom is 0.306 e. The largest absolute Gasteiger partial charge is 0.494 e. The Kier molecular flexibility index (Phi) is 11.7. The summed E-state index contributed by atoms with van der Waals surface area (Å²) < 4.78 is 11.3. The second-order valence-electron chi connectivity index (χ2n) is 9.08. The lowest BCUT2D eigenvalue weighted by atomic mass is 9.93. The van der Waals surface area contributed by atoms with Gasteiger partial charge in [-0.25, -0.2) is 0 Å². The molecule has 184 valence electrons. The second kappa shape index (κ2) is 15.5. The van der Waals surface area contributed by atoms with Gasteiger partial charge in [0, 0.05) is 6.42 Å². The lowest BCUT2D eigenvalue weighted by Crippen LogP contribution is -2.07. The number of allylic oxidation sites excluding steroid dienone is 1. The third-order valence-corrected chi connectivity index (χ3v) is 6.19. The minimum Gasteiger partial charge on any atom is -0.494 e. The van der Waals surface area contributed by atoms with Crippen molar-refractivity contribution in [3.63, 3.8) is 0 Å². The SMILES string of the molecule is C=CCC(CCCCOc1ccc(Cc2ccccc2)cc1)CCCC(=O)OCc1ccccc1. The summed E-state index contributed by atoms with van der Waals surface area (Å²) in [5.41, 5.74) is 3.63. The van der Waals surface area contributed by atoms with Crippen LogP contribution in [0.5, 0.6) is 5.75 Å². The van der Waals surface area contributed by atoms with Gasteiger partial charge in [-0.15, -0.1) is 6.58 Å². The minimum atomic E-state index is -0.116. The minimum absolute atomic E-state index is 0.116. The number of rotatable bonds is 16. The Labute approximate surface area is 210 Å². The number of ether oxygens (including phenoxy) is 2. The molecule has 0 fully saturated rings. The van der Waals surface area contributed by atoms with Crippen molar-refractivity contribution < 1.29 is 14.3 Å². The van der Waals surface area contributed by atoms with E-state index >= 15 is 0 Å². The number of carbonyl (C=O) groups is 1. The van der Waals surface area contributed by atoms with Gasteiger partial charge in [-0.3, -0.25) is 4.79 Å². The van der Waals surface area contributed by atoms with Gasteiger partial charge in [-0.1, -0.05) is 85.3 Å². The maximum absolute atomic E-state index is 12.0. The Morgan fingerprint density at radius 1 is 0.771 bits per heavy atom. The Morgan fingerprint density at radius 2 is 1.40 bits per heavy atom. The molecule has 0 N–H and O–H groups in total. The second-order valence-corrected chi connectivity index (χ2v) is 9.08. The van der Waals surface area contributed by atoms with Gasteiger partial charge >= 0.3 is 5.97 Å². The molecule has 35 heavy (non-hydrogen) atoms. The fourth-order valence-electron chi connectivity index (χ4n) is 4.22. The van der Waals surface area contributed by atoms with Crippen molar-refractivity contribution in [3.8, 4) is 5.75 Å². The summed E-state index contributed by atoms with van der Waals surface area (Å²) in [6.07, 6.45) is 9.55. The van der Waals surface area contributed by atoms with Crippen molar-refractivity contribution in [1.29, 1.82) is 0 Å². The van der Waals surface area contributed by atoms with E-state index in [9.17, 15) is 4.79 Å². The molecular weight excluding hydrogens is 432 g/mol. The highest BCUT2D eigenvalue weighted by Crippen LogP contribution is 2.21. The molecule has 3 aromatic carbocycles. The molecule has 3 rings (SSSR count). The third kappa shape index (κ3) is 10.6. The van der Waals surface area contributed by atoms with Crippen LogP contribution in [0.1, 0.15) is 61.6 Å². The molecule has 1 unspecified atom stereocenters. The summed E-state index contributed by atoms with van der Waals surface area (Å²) in [6.45, 7) is 4.99. The fraction of sp³-hybridized carbons (Fsp3) is 0.344. The van der Waals surface area contributed by atoms with Gasteiger partial charge in [0.25, 0.3) is 0 Å². The Balaban J connectivity index is 1.27. The van der Waals surface area contributed by atoms with E-state index < -0.39 is 0 Å². The van der Waals surface area contributed by atoms with Crippen LogP contribution in [0.4, 0.5) is 0 Å². The number of benzene rings is 3. The molecule has 3 heteroatoms. The summed E-state index contributed by atoms with van der Waals surface area (Å²) >= 11 is 0. The van der Waals surface area contributed by atoms with Crippen molar-refractivity contribution >= 4 is 5.97 Å². The quantitative estimate of drug-likeness (QED) is 0.121. The average Bonchev–Trinajstić information content (AvgIpc) is 2.89. The molecule has 1 atom stereocenters. The maximum atomic E-state index is 12.0. The zero-order valence-electron chi connectivity index (χ0n) is 20.7. The molecule has 3 aromatic rings. The van der Waals surface area contributed by atoms with E-state index in [0.717, 1.165) is 62.9 Å². The van der Waals surface area contributed by atoms with E-state index in [0.29, 0.717) is 18.9 Å². The van der Waals surface area contributed by atoms with E-state index in [-0.39, 0.29) is 5.97 Å². The summed E-state index contributed by atoms with van der Waals surface area (Å²) in [4.78, 5) is 12.0. The summed E-state index contributed by atoms with van der Waals surface area (Å²) in [5.74, 6) is 1.37. The van der Waals surface area contributed by atoms with Crippen LogP contribution in [0.3, 0.4) is 0 Å². The van der Waals surface area contributed by atoms with Crippen LogP contribution in [0.2, 0.25) is 0 Å². The average molecular weight is 471 g/mol. The monoisotopic (exact) mass is 470 g/mol. The van der Waals surface area contributed by atoms with Crippen LogP contribution in [0.25, 0.3) is 0 Å². The van der Waals surface area contributed by atoms with Gasteiger partial charge in [0.05, 0.1) is 6.61 Å². The first-order valence-corrected chi connectivity index (χ1v) is 12.8. The van der Waals surface area contributed by atoms with E-state index in [4.69, 9.17) is 9.47 Å². The molecule has 3 nitrogen and oxygen atoms in total. The fourth-order valence-corrected chi connectivity index (χ4v) is 4.22. The molecule has 0 saturated carbocycles. The number of unbranched alkanes of at least 4 members (excludes halogenated alkanes) is 1. The van der Waals surface area contributed by atoms with Gasteiger partial charge in [0.2, 0.25) is 0 Å². The summed E-state index contributed by atoms with van der Waals surface area (Å²) in [7, 11) is 0. The molecule has 0 bridgehead atoms. The van der Waals surface area contributed by atoms with Crippen molar-refractivity contribution in [2.45, 2.75) is 58.0 Å². The van der Waals surface area contributed by atoms with Gasteiger partial charge < -0.3 is 9.47 Å². The molecule has 0 amide bonds. The summed E-state index contributed by atoms with van der Waals surface area (Å²) in [5, 5.41) is 0. The van der Waals surface area contributed by atoms with E-state index in [1.54, 1.807) is 0 Å². The number of hydrogen-bond acceptors (Lipinski definition) is 3. The van der Waals surface area contributed by atoms with Gasteiger partial charge in [-0.2, -0.15) is 0 Å². The molecule has 0 radical (unpaired) electrons. The van der Waals surface area contributed by atoms with Crippen molar-refractivity contribution in [3.05, 3.63) is 114 Å². The van der Waals surface area contributed by atoms with Gasteiger partial charge in [0.1, 0.15) is 12.4 Å². The molecule has 0 aliphatic rings. The zero-order chi connectivity index (χ0) is 24.6. The van der Waals surface area contributed by atoms with E-state index in [1.807, 2.05) is 42.5 Å². The highest BCUT2D eigenvalue weighted by Gasteiger charge is 2.10. The van der Waals surface area contributed by atoms with Crippen LogP contribution in [0, 0.1) is 5.92 Å². The van der Waals surface area contributed by atoms with Crippen molar-refractivity contribution in [2.24, 2.45) is 5.92 Å². The Hall–Kier alpha value is -3.33. The van der Waals surface area contributed by atoms with Gasteiger partial charge in [0.15, 0.2) is 0 Å². The smallest absolute Gasteiger partial charge is 0.306 e. The first-order chi connectivity index (χ1) is 17.2. The van der Waals surface area contributed by atoms with Crippen LogP contribution < -0.4 is 4.74 Å². The van der Waals surface area contributed by atoms with Crippen LogP contribution >= 0.6 is 0 Å². The Bertz CT molecular complexity index is 980. The predicted molar refractivity (Wildman–Crippen MR) is 143 cm³/mol. The first-order valence-electron chi connectivity index (χ1n) is 12.8. The highest BCUT2D eigenvalue weighted by atomic mass is 16.5. The van der Waals surface area contributed by atoms with Gasteiger partial charge in [-0.05, 0) is 73.3 Å². The Morgan fingerprint density at radius 3 is 2.09 bits per heavy atom. The first kappa shape index (κ1) is 26.3. The van der Waals surface area contributed by atoms with E-state index in [1.165, 1.54) is 11.1 Å². The molecule has 0 aliphatic carbocycles. The standard InChI is InChI=1S/C32H38O3/c1-2-12-27(18-11-19-32(33)35-26-30-16-7-4-8-17-30)13-9-10-24-34-31-22-20-29(21-23-31)25-28-14-5-3-6-15-28/h2-8,14-17,20-23,27H,1,9-13,18-19,24-26H2. The van der Waals surface area contributed by atoms with Crippen LogP contribution in [-0.4, -0.2) is 12.6 Å². The normalized spacial score (nSPS) is 11.5. The summed E-state index contributed by atoms with van der Waals surface area (Å²) in [6, 6.07) is 28.7. The molecule has 0 heterocycles. The molecular formula is C32H38O3. The number of esters is 1. The van der Waals surface area contributed by atoms with Crippen molar-refractivity contribution in [1.82, 2.24) is 0 Å². The lowest BCUT2D eigenvalue weighted by molar-refractivity contribution is -0.145. The van der Waals surface area contributed by atoms with Crippen molar-refractivity contribution in [2.75, 3.05) is 6.61 Å². The third-order valence-electron chi connectivity index (χ3n) is 6.19. The topological polar surface area (TPSA) is 35.5 Å². The predicted octanol–water partition coefficient (Wildman–Crippen LogP) is 7.93. The highest BCUT2D eigenvalue weighted by molar-refractivity contribution is 5.69.